The SMILES string of the molecule is CCOC(=O)c1c(O)cc(C)c(C(C)=O)c1O. The maximum Gasteiger partial charge on any atom is 0.345 e. The minimum Gasteiger partial charge on any atom is -0.507 e. The summed E-state index contributed by atoms with van der Waals surface area (Å²) < 4.78 is 4.69. The fraction of sp³-hybridized carbons (Fsp3) is 0.333. The van der Waals surface area contributed by atoms with Gasteiger partial charge in [-0.05, 0) is 32.4 Å². The summed E-state index contributed by atoms with van der Waals surface area (Å²) in [5.41, 5.74) is 0.0500. The number of hydrogen-bond acceptors (Lipinski definition) is 5. The van der Waals surface area contributed by atoms with Crippen LogP contribution in [-0.2, 0) is 4.74 Å². The zero-order valence-corrected chi connectivity index (χ0v) is 9.90. The quantitative estimate of drug-likeness (QED) is 0.619. The first kappa shape index (κ1) is 13.0. The second kappa shape index (κ2) is 4.86. The summed E-state index contributed by atoms with van der Waals surface area (Å²) in [6.07, 6.45) is 0. The van der Waals surface area contributed by atoms with Gasteiger partial charge in [0.05, 0.1) is 12.2 Å². The summed E-state index contributed by atoms with van der Waals surface area (Å²) >= 11 is 0. The predicted octanol–water partition coefficient (Wildman–Crippen LogP) is 1.79. The molecule has 0 fully saturated rings. The van der Waals surface area contributed by atoms with Crippen molar-refractivity contribution in [1.29, 1.82) is 0 Å². The van der Waals surface area contributed by atoms with Crippen molar-refractivity contribution in [3.63, 3.8) is 0 Å². The van der Waals surface area contributed by atoms with Crippen molar-refractivity contribution >= 4 is 11.8 Å². The normalized spacial score (nSPS) is 10.1. The highest BCUT2D eigenvalue weighted by molar-refractivity contribution is 6.04. The first-order chi connectivity index (χ1) is 7.90. The molecular formula is C12H14O5. The highest BCUT2D eigenvalue weighted by atomic mass is 16.5. The van der Waals surface area contributed by atoms with E-state index >= 15 is 0 Å². The molecule has 2 N–H and O–H groups in total. The minimum absolute atomic E-state index is 0.0193. The smallest absolute Gasteiger partial charge is 0.345 e. The van der Waals surface area contributed by atoms with Crippen LogP contribution in [0.15, 0.2) is 6.07 Å². The first-order valence-electron chi connectivity index (χ1n) is 5.13. The molecule has 0 heterocycles. The lowest BCUT2D eigenvalue weighted by Gasteiger charge is -2.11. The van der Waals surface area contributed by atoms with Crippen LogP contribution in [0.2, 0.25) is 0 Å². The van der Waals surface area contributed by atoms with E-state index < -0.39 is 17.5 Å². The van der Waals surface area contributed by atoms with Gasteiger partial charge < -0.3 is 14.9 Å². The zero-order valence-electron chi connectivity index (χ0n) is 9.90. The average Bonchev–Trinajstić information content (AvgIpc) is 2.15. The summed E-state index contributed by atoms with van der Waals surface area (Å²) in [5, 5.41) is 19.4. The topological polar surface area (TPSA) is 83.8 Å². The number of ether oxygens (including phenoxy) is 1. The maximum atomic E-state index is 11.5. The van der Waals surface area contributed by atoms with Crippen LogP contribution in [0.1, 0.15) is 40.1 Å². The lowest BCUT2D eigenvalue weighted by Crippen LogP contribution is -2.08. The van der Waals surface area contributed by atoms with E-state index in [9.17, 15) is 19.8 Å². The molecule has 0 bridgehead atoms. The molecule has 1 rings (SSSR count). The fourth-order valence-corrected chi connectivity index (χ4v) is 1.63. The predicted molar refractivity (Wildman–Crippen MR) is 60.5 cm³/mol. The first-order valence-corrected chi connectivity index (χ1v) is 5.13. The lowest BCUT2D eigenvalue weighted by molar-refractivity contribution is 0.0519. The van der Waals surface area contributed by atoms with Gasteiger partial charge in [0, 0.05) is 0 Å². The third-order valence-electron chi connectivity index (χ3n) is 2.31. The Hall–Kier alpha value is -2.04. The number of phenols is 2. The zero-order chi connectivity index (χ0) is 13.2. The monoisotopic (exact) mass is 238 g/mol. The van der Waals surface area contributed by atoms with Crippen LogP contribution in [0.4, 0.5) is 0 Å². The number of phenolic OH excluding ortho intramolecular Hbond substituents is 2. The van der Waals surface area contributed by atoms with Crippen LogP contribution in [0.25, 0.3) is 0 Å². The third kappa shape index (κ3) is 2.38. The standard InChI is InChI=1S/C12H14O5/c1-4-17-12(16)10-8(14)5-6(2)9(7(3)13)11(10)15/h5,14-15H,4H2,1-3H3. The maximum absolute atomic E-state index is 11.5. The number of hydrogen-bond donors (Lipinski definition) is 2. The van der Waals surface area contributed by atoms with E-state index in [-0.39, 0.29) is 23.5 Å². The molecule has 0 aromatic heterocycles. The largest absolute Gasteiger partial charge is 0.507 e. The fourth-order valence-electron chi connectivity index (χ4n) is 1.63. The Kier molecular flexibility index (Phi) is 3.73. The van der Waals surface area contributed by atoms with Gasteiger partial charge in [0.2, 0.25) is 0 Å². The molecular weight excluding hydrogens is 224 g/mol. The molecule has 5 heteroatoms. The van der Waals surface area contributed by atoms with E-state index in [2.05, 4.69) is 0 Å². The van der Waals surface area contributed by atoms with Crippen molar-refractivity contribution in [2.24, 2.45) is 0 Å². The molecule has 5 nitrogen and oxygen atoms in total. The van der Waals surface area contributed by atoms with Crippen LogP contribution < -0.4 is 0 Å². The van der Waals surface area contributed by atoms with E-state index in [4.69, 9.17) is 4.74 Å². The molecule has 1 aromatic carbocycles. The minimum atomic E-state index is -0.856. The Labute approximate surface area is 98.6 Å². The molecule has 0 unspecified atom stereocenters. The number of esters is 1. The number of Topliss-reactive ketones (excluding diaryl/α,β-unsaturated/α-hetero) is 1. The van der Waals surface area contributed by atoms with Crippen LogP contribution in [0, 0.1) is 6.92 Å². The van der Waals surface area contributed by atoms with E-state index in [0.29, 0.717) is 5.56 Å². The van der Waals surface area contributed by atoms with Gasteiger partial charge in [0.15, 0.2) is 5.78 Å². The van der Waals surface area contributed by atoms with Crippen LogP contribution in [-0.4, -0.2) is 28.6 Å². The molecule has 0 atom stereocenters. The van der Waals surface area contributed by atoms with Gasteiger partial charge in [-0.15, -0.1) is 0 Å². The average molecular weight is 238 g/mol. The number of benzene rings is 1. The molecule has 0 spiro atoms. The molecule has 0 radical (unpaired) electrons. The highest BCUT2D eigenvalue weighted by Crippen LogP contribution is 2.34. The van der Waals surface area contributed by atoms with Crippen molar-refractivity contribution in [3.8, 4) is 11.5 Å². The summed E-state index contributed by atoms with van der Waals surface area (Å²) in [6.45, 7) is 4.55. The van der Waals surface area contributed by atoms with E-state index in [0.717, 1.165) is 0 Å². The molecule has 17 heavy (non-hydrogen) atoms. The summed E-state index contributed by atoms with van der Waals surface area (Å²) in [4.78, 5) is 22.9. The van der Waals surface area contributed by atoms with Crippen molar-refractivity contribution in [3.05, 3.63) is 22.8 Å². The Balaban J connectivity index is 3.46. The number of rotatable bonds is 3. The molecule has 0 aliphatic carbocycles. The highest BCUT2D eigenvalue weighted by Gasteiger charge is 2.24. The molecule has 92 valence electrons. The van der Waals surface area contributed by atoms with Crippen LogP contribution >= 0.6 is 0 Å². The van der Waals surface area contributed by atoms with Crippen molar-refractivity contribution in [2.75, 3.05) is 6.61 Å². The second-order valence-corrected chi connectivity index (χ2v) is 3.59. The molecule has 1 aromatic rings. The summed E-state index contributed by atoms with van der Waals surface area (Å²) in [5.74, 6) is -2.17. The van der Waals surface area contributed by atoms with Crippen LogP contribution in [0.5, 0.6) is 11.5 Å². The lowest BCUT2D eigenvalue weighted by atomic mass is 9.99. The van der Waals surface area contributed by atoms with Crippen LogP contribution in [0.3, 0.4) is 0 Å². The van der Waals surface area contributed by atoms with Crippen molar-refractivity contribution in [2.45, 2.75) is 20.8 Å². The Morgan fingerprint density at radius 3 is 2.35 bits per heavy atom. The van der Waals surface area contributed by atoms with Gasteiger partial charge in [0.25, 0.3) is 0 Å². The van der Waals surface area contributed by atoms with Gasteiger partial charge in [-0.3, -0.25) is 4.79 Å². The third-order valence-corrected chi connectivity index (χ3v) is 2.31. The van der Waals surface area contributed by atoms with Gasteiger partial charge >= 0.3 is 5.97 Å². The number of aryl methyl sites for hydroxylation is 1. The molecule has 0 aliphatic heterocycles. The van der Waals surface area contributed by atoms with Gasteiger partial charge in [-0.1, -0.05) is 0 Å². The van der Waals surface area contributed by atoms with E-state index in [1.54, 1.807) is 13.8 Å². The Morgan fingerprint density at radius 2 is 1.88 bits per heavy atom. The van der Waals surface area contributed by atoms with Gasteiger partial charge in [-0.25, -0.2) is 4.79 Å². The van der Waals surface area contributed by atoms with Crippen molar-refractivity contribution < 1.29 is 24.5 Å². The van der Waals surface area contributed by atoms with Crippen molar-refractivity contribution in [1.82, 2.24) is 0 Å². The number of carbonyl (C=O) groups is 2. The molecule has 0 amide bonds. The molecule has 0 aliphatic rings. The number of aromatic hydroxyl groups is 2. The van der Waals surface area contributed by atoms with E-state index in [1.165, 1.54) is 13.0 Å². The Bertz CT molecular complexity index is 476. The second-order valence-electron chi connectivity index (χ2n) is 3.59. The van der Waals surface area contributed by atoms with Gasteiger partial charge in [0.1, 0.15) is 17.1 Å². The summed E-state index contributed by atoms with van der Waals surface area (Å²) in [6, 6.07) is 1.25. The summed E-state index contributed by atoms with van der Waals surface area (Å²) in [7, 11) is 0. The molecule has 0 saturated heterocycles. The Morgan fingerprint density at radius 1 is 1.29 bits per heavy atom. The van der Waals surface area contributed by atoms with E-state index in [1.807, 2.05) is 0 Å². The molecule has 0 saturated carbocycles. The number of ketones is 1. The number of carbonyl (C=O) groups excluding carboxylic acids is 2. The van der Waals surface area contributed by atoms with Gasteiger partial charge in [-0.2, -0.15) is 0 Å².